The molecule has 5 nitrogen and oxygen atoms in total. The van der Waals surface area contributed by atoms with Gasteiger partial charge in [-0.15, -0.1) is 0 Å². The summed E-state index contributed by atoms with van der Waals surface area (Å²) in [5, 5.41) is 12.8. The van der Waals surface area contributed by atoms with Crippen LogP contribution in [0.5, 0.6) is 5.75 Å². The van der Waals surface area contributed by atoms with Gasteiger partial charge in [0.15, 0.2) is 0 Å². The van der Waals surface area contributed by atoms with E-state index in [1.54, 1.807) is 30.2 Å². The molecule has 0 unspecified atom stereocenters. The maximum absolute atomic E-state index is 12.3. The quantitative estimate of drug-likeness (QED) is 0.891. The number of ether oxygens (including phenoxy) is 1. The van der Waals surface area contributed by atoms with Crippen LogP contribution in [0.4, 0.5) is 10.5 Å². The molecule has 1 aliphatic rings. The van der Waals surface area contributed by atoms with Gasteiger partial charge in [-0.05, 0) is 42.9 Å². The number of aliphatic hydroxyl groups excluding tert-OH is 1. The molecule has 0 spiro atoms. The number of aliphatic hydroxyl groups is 1. The number of hydrogen-bond acceptors (Lipinski definition) is 3. The van der Waals surface area contributed by atoms with Crippen molar-refractivity contribution in [1.82, 2.24) is 4.90 Å². The number of carbonyl (C=O) groups excluding carboxylic acids is 1. The lowest BCUT2D eigenvalue weighted by Gasteiger charge is -2.40. The lowest BCUT2D eigenvalue weighted by atomic mass is 9.77. The highest BCUT2D eigenvalue weighted by Crippen LogP contribution is 2.34. The van der Waals surface area contributed by atoms with E-state index in [1.165, 1.54) is 0 Å². The van der Waals surface area contributed by atoms with E-state index < -0.39 is 0 Å². The topological polar surface area (TPSA) is 61.8 Å². The fourth-order valence-corrected chi connectivity index (χ4v) is 3.01. The second kappa shape index (κ2) is 7.20. The Morgan fingerprint density at radius 3 is 2.64 bits per heavy atom. The summed E-state index contributed by atoms with van der Waals surface area (Å²) in [7, 11) is 1.55. The van der Waals surface area contributed by atoms with Gasteiger partial charge in [-0.25, -0.2) is 4.79 Å². The lowest BCUT2D eigenvalue weighted by Crippen LogP contribution is -2.46. The summed E-state index contributed by atoms with van der Waals surface area (Å²) < 4.78 is 5.09. The molecule has 2 N–H and O–H groups in total. The van der Waals surface area contributed by atoms with Gasteiger partial charge in [0.1, 0.15) is 5.75 Å². The molecule has 0 aliphatic carbocycles. The molecule has 1 fully saturated rings. The van der Waals surface area contributed by atoms with Gasteiger partial charge in [0.05, 0.1) is 12.1 Å². The van der Waals surface area contributed by atoms with Gasteiger partial charge < -0.3 is 20.1 Å². The average molecular weight is 327 g/mol. The average Bonchev–Trinajstić information content (AvgIpc) is 2.55. The van der Waals surface area contributed by atoms with Crippen LogP contribution in [0.25, 0.3) is 0 Å². The first-order valence-electron chi connectivity index (χ1n) is 7.54. The van der Waals surface area contributed by atoms with Crippen LogP contribution in [0.1, 0.15) is 26.2 Å². The monoisotopic (exact) mass is 326 g/mol. The van der Waals surface area contributed by atoms with E-state index in [9.17, 15) is 9.90 Å². The Balaban J connectivity index is 1.95. The van der Waals surface area contributed by atoms with Crippen LogP contribution in [0.2, 0.25) is 5.02 Å². The predicted octanol–water partition coefficient (Wildman–Crippen LogP) is 3.37. The third-order valence-electron chi connectivity index (χ3n) is 4.60. The van der Waals surface area contributed by atoms with Crippen LogP contribution in [-0.4, -0.2) is 42.8 Å². The Bertz CT molecular complexity index is 522. The Morgan fingerprint density at radius 1 is 1.45 bits per heavy atom. The molecule has 0 bridgehead atoms. The molecule has 0 atom stereocenters. The van der Waals surface area contributed by atoms with E-state index in [4.69, 9.17) is 16.3 Å². The van der Waals surface area contributed by atoms with Crippen molar-refractivity contribution < 1.29 is 14.6 Å². The SMILES string of the molecule is CCC1(CO)CCN(C(=O)Nc2ccc(OC)c(Cl)c2)CC1. The van der Waals surface area contributed by atoms with Crippen molar-refractivity contribution in [3.63, 3.8) is 0 Å². The molecule has 22 heavy (non-hydrogen) atoms. The second-order valence-electron chi connectivity index (χ2n) is 5.78. The van der Waals surface area contributed by atoms with Crippen molar-refractivity contribution in [3.8, 4) is 5.75 Å². The fraction of sp³-hybridized carbons (Fsp3) is 0.562. The highest BCUT2D eigenvalue weighted by atomic mass is 35.5. The molecule has 0 aromatic heterocycles. The Morgan fingerprint density at radius 2 is 2.14 bits per heavy atom. The van der Waals surface area contributed by atoms with E-state index in [1.807, 2.05) is 0 Å². The minimum absolute atomic E-state index is 0.0276. The van der Waals surface area contributed by atoms with Crippen molar-refractivity contribution in [2.24, 2.45) is 5.41 Å². The predicted molar refractivity (Wildman–Crippen MR) is 87.6 cm³/mol. The van der Waals surface area contributed by atoms with E-state index in [-0.39, 0.29) is 18.1 Å². The molecular formula is C16H23ClN2O3. The zero-order valence-electron chi connectivity index (χ0n) is 13.1. The smallest absolute Gasteiger partial charge is 0.321 e. The molecule has 2 rings (SSSR count). The van der Waals surface area contributed by atoms with E-state index in [0.29, 0.717) is 29.5 Å². The molecule has 0 radical (unpaired) electrons. The van der Waals surface area contributed by atoms with E-state index in [2.05, 4.69) is 12.2 Å². The van der Waals surface area contributed by atoms with Crippen molar-refractivity contribution in [2.45, 2.75) is 26.2 Å². The molecule has 1 aromatic carbocycles. The van der Waals surface area contributed by atoms with Crippen molar-refractivity contribution >= 4 is 23.3 Å². The van der Waals surface area contributed by atoms with Gasteiger partial charge in [0, 0.05) is 25.4 Å². The van der Waals surface area contributed by atoms with Crippen LogP contribution in [0.3, 0.4) is 0 Å². The summed E-state index contributed by atoms with van der Waals surface area (Å²) in [6, 6.07) is 5.02. The first-order chi connectivity index (χ1) is 10.5. The summed E-state index contributed by atoms with van der Waals surface area (Å²) in [6.45, 7) is 3.59. The maximum Gasteiger partial charge on any atom is 0.321 e. The normalized spacial score (nSPS) is 17.2. The zero-order valence-corrected chi connectivity index (χ0v) is 13.8. The van der Waals surface area contributed by atoms with Crippen molar-refractivity contribution in [2.75, 3.05) is 32.1 Å². The summed E-state index contributed by atoms with van der Waals surface area (Å²) in [5.74, 6) is 0.577. The third kappa shape index (κ3) is 3.65. The Labute approximate surface area is 136 Å². The van der Waals surface area contributed by atoms with E-state index >= 15 is 0 Å². The van der Waals surface area contributed by atoms with Gasteiger partial charge in [-0.1, -0.05) is 18.5 Å². The lowest BCUT2D eigenvalue weighted by molar-refractivity contribution is 0.0542. The van der Waals surface area contributed by atoms with E-state index in [0.717, 1.165) is 19.3 Å². The zero-order chi connectivity index (χ0) is 16.2. The highest BCUT2D eigenvalue weighted by Gasteiger charge is 2.33. The number of carbonyl (C=O) groups is 1. The molecule has 1 aliphatic heterocycles. The van der Waals surface area contributed by atoms with Crippen LogP contribution < -0.4 is 10.1 Å². The standard InChI is InChI=1S/C16H23ClN2O3/c1-3-16(11-20)6-8-19(9-7-16)15(21)18-12-4-5-14(22-2)13(17)10-12/h4-5,10,20H,3,6-9,11H2,1-2H3,(H,18,21). The number of piperidine rings is 1. The Hall–Kier alpha value is -1.46. The van der Waals surface area contributed by atoms with Crippen LogP contribution >= 0.6 is 11.6 Å². The summed E-state index contributed by atoms with van der Waals surface area (Å²) in [4.78, 5) is 14.1. The van der Waals surface area contributed by atoms with Crippen LogP contribution in [-0.2, 0) is 0 Å². The van der Waals surface area contributed by atoms with Gasteiger partial charge in [0.2, 0.25) is 0 Å². The molecule has 122 valence electrons. The maximum atomic E-state index is 12.3. The molecule has 1 saturated heterocycles. The molecule has 6 heteroatoms. The molecule has 2 amide bonds. The number of nitrogens with one attached hydrogen (secondary N) is 1. The number of likely N-dealkylation sites (tertiary alicyclic amines) is 1. The third-order valence-corrected chi connectivity index (χ3v) is 4.90. The summed E-state index contributed by atoms with van der Waals surface area (Å²) in [6.07, 6.45) is 2.60. The van der Waals surface area contributed by atoms with Gasteiger partial charge in [-0.3, -0.25) is 0 Å². The first-order valence-corrected chi connectivity index (χ1v) is 7.92. The van der Waals surface area contributed by atoms with Gasteiger partial charge >= 0.3 is 6.03 Å². The number of rotatable bonds is 4. The van der Waals surface area contributed by atoms with Gasteiger partial charge in [-0.2, -0.15) is 0 Å². The second-order valence-corrected chi connectivity index (χ2v) is 6.19. The number of hydrogen-bond donors (Lipinski definition) is 2. The van der Waals surface area contributed by atoms with Crippen molar-refractivity contribution in [3.05, 3.63) is 23.2 Å². The van der Waals surface area contributed by atoms with Crippen LogP contribution in [0.15, 0.2) is 18.2 Å². The summed E-state index contributed by atoms with van der Waals surface area (Å²) >= 11 is 6.06. The largest absolute Gasteiger partial charge is 0.495 e. The minimum Gasteiger partial charge on any atom is -0.495 e. The minimum atomic E-state index is -0.135. The number of nitrogens with zero attached hydrogens (tertiary/aromatic N) is 1. The molecule has 1 heterocycles. The number of anilines is 1. The number of amides is 2. The number of benzene rings is 1. The first kappa shape index (κ1) is 16.9. The number of halogens is 1. The van der Waals surface area contributed by atoms with Gasteiger partial charge in [0.25, 0.3) is 0 Å². The summed E-state index contributed by atoms with van der Waals surface area (Å²) in [5.41, 5.74) is 0.616. The van der Waals surface area contributed by atoms with Crippen molar-refractivity contribution in [1.29, 1.82) is 0 Å². The highest BCUT2D eigenvalue weighted by molar-refractivity contribution is 6.32. The molecule has 1 aromatic rings. The number of methoxy groups -OCH3 is 1. The Kier molecular flexibility index (Phi) is 5.53. The molecular weight excluding hydrogens is 304 g/mol. The number of urea groups is 1. The van der Waals surface area contributed by atoms with Crippen LogP contribution in [0, 0.1) is 5.41 Å². The molecule has 0 saturated carbocycles. The fourth-order valence-electron chi connectivity index (χ4n) is 2.75.